The molecule has 1 aromatic carbocycles. The van der Waals surface area contributed by atoms with E-state index >= 15 is 0 Å². The Morgan fingerprint density at radius 2 is 2.10 bits per heavy atom. The maximum atomic E-state index is 13.9. The Kier molecular flexibility index (Phi) is 8.35. The van der Waals surface area contributed by atoms with E-state index in [4.69, 9.17) is 10.5 Å². The highest BCUT2D eigenvalue weighted by Gasteiger charge is 2.31. The first-order valence-corrected chi connectivity index (χ1v) is 10.4. The molecule has 1 fully saturated rings. The van der Waals surface area contributed by atoms with Gasteiger partial charge in [0.1, 0.15) is 17.2 Å². The minimum Gasteiger partial charge on any atom is -0.472 e. The van der Waals surface area contributed by atoms with Crippen LogP contribution in [-0.4, -0.2) is 41.3 Å². The van der Waals surface area contributed by atoms with E-state index < -0.39 is 5.60 Å². The van der Waals surface area contributed by atoms with Gasteiger partial charge in [0, 0.05) is 42.9 Å². The molecule has 1 saturated heterocycles. The van der Waals surface area contributed by atoms with E-state index in [9.17, 15) is 9.18 Å². The number of aliphatic imine (C=N–C) groups is 1. The number of rotatable bonds is 7. The molecule has 1 aliphatic heterocycles. The summed E-state index contributed by atoms with van der Waals surface area (Å²) >= 11 is 0. The molecule has 2 N–H and O–H groups in total. The Labute approximate surface area is 179 Å². The van der Waals surface area contributed by atoms with Crippen LogP contribution < -0.4 is 5.73 Å². The number of piperidine rings is 1. The molecule has 2 rings (SSSR count). The lowest BCUT2D eigenvalue weighted by atomic mass is 9.85. The van der Waals surface area contributed by atoms with Gasteiger partial charge in [-0.1, -0.05) is 24.8 Å². The molecule has 0 amide bonds. The van der Waals surface area contributed by atoms with Crippen molar-refractivity contribution in [2.75, 3.05) is 13.1 Å². The Morgan fingerprint density at radius 3 is 2.70 bits per heavy atom. The summed E-state index contributed by atoms with van der Waals surface area (Å²) in [5.41, 5.74) is 6.26. The number of ether oxygens (including phenoxy) is 1. The van der Waals surface area contributed by atoms with Crippen LogP contribution in [0.25, 0.3) is 0 Å². The zero-order chi connectivity index (χ0) is 22.3. The quantitative estimate of drug-likeness (QED) is 0.534. The number of hydrogen-bond acceptors (Lipinski definition) is 5. The van der Waals surface area contributed by atoms with Crippen LogP contribution in [0.1, 0.15) is 46.1 Å². The van der Waals surface area contributed by atoms with Crippen molar-refractivity contribution in [1.29, 1.82) is 0 Å². The van der Waals surface area contributed by atoms with Gasteiger partial charge >= 0.3 is 0 Å². The van der Waals surface area contributed by atoms with Crippen LogP contribution in [0.5, 0.6) is 0 Å². The number of nitrogens with two attached hydrogens (primary N) is 1. The fraction of sp³-hybridized carbons (Fsp3) is 0.500. The predicted octanol–water partition coefficient (Wildman–Crippen LogP) is 4.24. The van der Waals surface area contributed by atoms with E-state index in [1.165, 1.54) is 18.5 Å². The van der Waals surface area contributed by atoms with Gasteiger partial charge < -0.3 is 10.5 Å². The van der Waals surface area contributed by atoms with Crippen molar-refractivity contribution in [2.45, 2.75) is 58.6 Å². The number of nitrogens with zero attached hydrogens (tertiary/aromatic N) is 2. The van der Waals surface area contributed by atoms with Crippen molar-refractivity contribution in [3.63, 3.8) is 0 Å². The summed E-state index contributed by atoms with van der Waals surface area (Å²) in [5, 5.41) is 0. The fourth-order valence-corrected chi connectivity index (χ4v) is 3.63. The summed E-state index contributed by atoms with van der Waals surface area (Å²) in [5.74, 6) is 0.207. The van der Waals surface area contributed by atoms with Gasteiger partial charge in [0.05, 0.1) is 0 Å². The molecule has 0 unspecified atom stereocenters. The van der Waals surface area contributed by atoms with Gasteiger partial charge in [-0.05, 0) is 58.7 Å². The SMILES string of the molecule is C=C(CN1CC[C@@H](C(=O)Cc2ccccc2F)C[C@H]1C)C(=N/C=C\N)OC(C)(C)C. The number of likely N-dealkylation sites (tertiary alicyclic amines) is 1. The summed E-state index contributed by atoms with van der Waals surface area (Å²) in [6.45, 7) is 13.5. The van der Waals surface area contributed by atoms with Crippen molar-refractivity contribution >= 4 is 11.7 Å². The van der Waals surface area contributed by atoms with Crippen LogP contribution in [0.15, 0.2) is 53.8 Å². The number of hydrogen-bond donors (Lipinski definition) is 1. The van der Waals surface area contributed by atoms with E-state index in [-0.39, 0.29) is 30.0 Å². The third-order valence-electron chi connectivity index (χ3n) is 5.17. The molecule has 0 bridgehead atoms. The van der Waals surface area contributed by atoms with Gasteiger partial charge in [-0.25, -0.2) is 9.38 Å². The van der Waals surface area contributed by atoms with Crippen molar-refractivity contribution in [3.05, 3.63) is 60.2 Å². The topological polar surface area (TPSA) is 67.9 Å². The number of Topliss-reactive ketones (excluding diaryl/α,β-unsaturated/α-hetero) is 1. The lowest BCUT2D eigenvalue weighted by Gasteiger charge is -2.37. The van der Waals surface area contributed by atoms with Crippen LogP contribution in [0.2, 0.25) is 0 Å². The molecule has 6 heteroatoms. The minimum atomic E-state index is -0.401. The monoisotopic (exact) mass is 415 g/mol. The van der Waals surface area contributed by atoms with Gasteiger partial charge in [0.25, 0.3) is 0 Å². The molecule has 164 valence electrons. The first-order valence-electron chi connectivity index (χ1n) is 10.4. The van der Waals surface area contributed by atoms with E-state index in [2.05, 4.69) is 23.4 Å². The highest BCUT2D eigenvalue weighted by molar-refractivity contribution is 5.94. The summed E-state index contributed by atoms with van der Waals surface area (Å²) in [4.78, 5) is 19.3. The van der Waals surface area contributed by atoms with E-state index in [0.717, 1.165) is 25.0 Å². The first-order chi connectivity index (χ1) is 14.1. The van der Waals surface area contributed by atoms with Crippen LogP contribution in [0, 0.1) is 11.7 Å². The van der Waals surface area contributed by atoms with Crippen molar-refractivity contribution < 1.29 is 13.9 Å². The number of benzene rings is 1. The molecule has 2 atom stereocenters. The normalized spacial score (nSPS) is 21.0. The van der Waals surface area contributed by atoms with Gasteiger partial charge in [-0.2, -0.15) is 0 Å². The number of carbonyl (C=O) groups is 1. The Hall–Kier alpha value is -2.47. The van der Waals surface area contributed by atoms with Crippen LogP contribution >= 0.6 is 0 Å². The Morgan fingerprint density at radius 1 is 1.40 bits per heavy atom. The molecule has 0 radical (unpaired) electrons. The van der Waals surface area contributed by atoms with Crippen molar-refractivity contribution in [3.8, 4) is 0 Å². The zero-order valence-electron chi connectivity index (χ0n) is 18.5. The van der Waals surface area contributed by atoms with Crippen LogP contribution in [0.4, 0.5) is 4.39 Å². The smallest absolute Gasteiger partial charge is 0.217 e. The second-order valence-corrected chi connectivity index (χ2v) is 8.87. The zero-order valence-corrected chi connectivity index (χ0v) is 18.5. The standard InChI is InChI=1S/C24H34FN3O2/c1-17(23(27-12-11-26)30-24(3,4)5)16-28-13-10-20(14-18(28)2)22(29)15-19-8-6-7-9-21(19)25/h6-9,11-12,18,20H,1,10,13-16,26H2,2-5H3/b12-11-,27-23?/t18-,20-/m1/s1. The predicted molar refractivity (Wildman–Crippen MR) is 120 cm³/mol. The molecule has 1 heterocycles. The van der Waals surface area contributed by atoms with Gasteiger partial charge in [0.2, 0.25) is 5.90 Å². The largest absolute Gasteiger partial charge is 0.472 e. The third-order valence-corrected chi connectivity index (χ3v) is 5.17. The average molecular weight is 416 g/mol. The molecule has 0 spiro atoms. The Bertz CT molecular complexity index is 811. The van der Waals surface area contributed by atoms with Crippen molar-refractivity contribution in [2.24, 2.45) is 16.6 Å². The molecule has 0 saturated carbocycles. The Balaban J connectivity index is 1.96. The van der Waals surface area contributed by atoms with Crippen molar-refractivity contribution in [1.82, 2.24) is 4.90 Å². The molecule has 1 aromatic rings. The third kappa shape index (κ3) is 7.10. The highest BCUT2D eigenvalue weighted by Crippen LogP contribution is 2.26. The fourth-order valence-electron chi connectivity index (χ4n) is 3.63. The number of halogens is 1. The average Bonchev–Trinajstić information content (AvgIpc) is 2.67. The summed E-state index contributed by atoms with van der Waals surface area (Å²) in [6, 6.07) is 6.69. The van der Waals surface area contributed by atoms with E-state index in [1.54, 1.807) is 18.2 Å². The molecule has 30 heavy (non-hydrogen) atoms. The molecule has 0 aliphatic carbocycles. The molecule has 0 aromatic heterocycles. The second kappa shape index (κ2) is 10.5. The summed E-state index contributed by atoms with van der Waals surface area (Å²) < 4.78 is 19.8. The van der Waals surface area contributed by atoms with Gasteiger partial charge in [0.15, 0.2) is 0 Å². The van der Waals surface area contributed by atoms with Crippen LogP contribution in [0.3, 0.4) is 0 Å². The maximum absolute atomic E-state index is 13.9. The molecular formula is C24H34FN3O2. The summed E-state index contributed by atoms with van der Waals surface area (Å²) in [6.07, 6.45) is 4.49. The summed E-state index contributed by atoms with van der Waals surface area (Å²) in [7, 11) is 0. The van der Waals surface area contributed by atoms with Gasteiger partial charge in [-0.15, -0.1) is 0 Å². The molecule has 1 aliphatic rings. The van der Waals surface area contributed by atoms with E-state index in [0.29, 0.717) is 18.0 Å². The lowest BCUT2D eigenvalue weighted by molar-refractivity contribution is -0.124. The number of ketones is 1. The van der Waals surface area contributed by atoms with E-state index in [1.807, 2.05) is 20.8 Å². The second-order valence-electron chi connectivity index (χ2n) is 8.87. The molecule has 5 nitrogen and oxygen atoms in total. The number of carbonyl (C=O) groups excluding carboxylic acids is 1. The maximum Gasteiger partial charge on any atom is 0.217 e. The molecular weight excluding hydrogens is 381 g/mol. The van der Waals surface area contributed by atoms with Gasteiger partial charge in [-0.3, -0.25) is 9.69 Å². The minimum absolute atomic E-state index is 0.0525. The lowest BCUT2D eigenvalue weighted by Crippen LogP contribution is -2.44. The van der Waals surface area contributed by atoms with Crippen LogP contribution in [-0.2, 0) is 16.0 Å². The highest BCUT2D eigenvalue weighted by atomic mass is 19.1. The first kappa shape index (κ1) is 23.8.